The fourth-order valence-electron chi connectivity index (χ4n) is 3.05. The normalized spacial score (nSPS) is 28.4. The van der Waals surface area contributed by atoms with Crippen LogP contribution in [0.3, 0.4) is 0 Å². The number of hydrogen-bond acceptors (Lipinski definition) is 2. The van der Waals surface area contributed by atoms with Crippen molar-refractivity contribution in [2.45, 2.75) is 39.5 Å². The quantitative estimate of drug-likeness (QED) is 0.783. The lowest BCUT2D eigenvalue weighted by Crippen LogP contribution is -2.49. The van der Waals surface area contributed by atoms with Gasteiger partial charge in [0, 0.05) is 32.1 Å². The summed E-state index contributed by atoms with van der Waals surface area (Å²) in [5, 5.41) is 3.29. The van der Waals surface area contributed by atoms with Crippen molar-refractivity contribution in [2.24, 2.45) is 11.3 Å². The zero-order valence-corrected chi connectivity index (χ0v) is 11.8. The van der Waals surface area contributed by atoms with Crippen LogP contribution in [0.15, 0.2) is 0 Å². The monoisotopic (exact) mass is 260 g/mol. The lowest BCUT2D eigenvalue weighted by atomic mass is 9.72. The summed E-state index contributed by atoms with van der Waals surface area (Å²) in [6, 6.07) is 0. The molecule has 1 amide bonds. The van der Waals surface area contributed by atoms with Gasteiger partial charge in [0.05, 0.1) is 0 Å². The standard InChI is InChI=1S/C13H24N2O.ClH/c1-13(2)5-3-4-11(10-13)12(16)15-8-6-14-7-9-15;/h11,14H,3-10H2,1-2H3;1H. The number of rotatable bonds is 1. The Labute approximate surface area is 111 Å². The van der Waals surface area contributed by atoms with E-state index in [1.807, 2.05) is 0 Å². The van der Waals surface area contributed by atoms with Crippen molar-refractivity contribution >= 4 is 18.3 Å². The number of nitrogens with zero attached hydrogens (tertiary/aromatic N) is 1. The van der Waals surface area contributed by atoms with Crippen LogP contribution in [0.1, 0.15) is 39.5 Å². The van der Waals surface area contributed by atoms with Gasteiger partial charge in [0.15, 0.2) is 0 Å². The zero-order valence-electron chi connectivity index (χ0n) is 11.0. The molecule has 3 nitrogen and oxygen atoms in total. The van der Waals surface area contributed by atoms with Gasteiger partial charge in [0.1, 0.15) is 0 Å². The molecule has 1 unspecified atom stereocenters. The third-order valence-electron chi connectivity index (χ3n) is 3.98. The molecule has 0 aromatic rings. The number of piperazine rings is 1. The molecule has 0 aromatic carbocycles. The third-order valence-corrected chi connectivity index (χ3v) is 3.98. The molecular weight excluding hydrogens is 236 g/mol. The first kappa shape index (κ1) is 14.8. The van der Waals surface area contributed by atoms with Crippen LogP contribution >= 0.6 is 12.4 Å². The number of carbonyl (C=O) groups excluding carboxylic acids is 1. The van der Waals surface area contributed by atoms with E-state index in [1.165, 1.54) is 12.8 Å². The second kappa shape index (κ2) is 6.05. The predicted octanol–water partition coefficient (Wildman–Crippen LogP) is 2.06. The van der Waals surface area contributed by atoms with E-state index in [4.69, 9.17) is 0 Å². The van der Waals surface area contributed by atoms with Crippen molar-refractivity contribution in [3.05, 3.63) is 0 Å². The van der Waals surface area contributed by atoms with Gasteiger partial charge in [0.2, 0.25) is 5.91 Å². The van der Waals surface area contributed by atoms with E-state index in [0.29, 0.717) is 17.2 Å². The van der Waals surface area contributed by atoms with E-state index >= 15 is 0 Å². The highest BCUT2D eigenvalue weighted by atomic mass is 35.5. The molecule has 2 aliphatic rings. The average molecular weight is 261 g/mol. The molecule has 1 heterocycles. The Bertz CT molecular complexity index is 262. The minimum absolute atomic E-state index is 0. The summed E-state index contributed by atoms with van der Waals surface area (Å²) in [7, 11) is 0. The topological polar surface area (TPSA) is 32.3 Å². The smallest absolute Gasteiger partial charge is 0.225 e. The van der Waals surface area contributed by atoms with Crippen LogP contribution in [0.4, 0.5) is 0 Å². The van der Waals surface area contributed by atoms with Gasteiger partial charge in [-0.2, -0.15) is 0 Å². The third kappa shape index (κ3) is 3.85. The van der Waals surface area contributed by atoms with Crippen LogP contribution in [-0.2, 0) is 4.79 Å². The average Bonchev–Trinajstić information content (AvgIpc) is 2.28. The maximum Gasteiger partial charge on any atom is 0.225 e. The Hall–Kier alpha value is -0.280. The molecule has 0 aromatic heterocycles. The van der Waals surface area contributed by atoms with Crippen molar-refractivity contribution in [1.29, 1.82) is 0 Å². The molecule has 17 heavy (non-hydrogen) atoms. The van der Waals surface area contributed by atoms with Crippen molar-refractivity contribution in [3.63, 3.8) is 0 Å². The van der Waals surface area contributed by atoms with Crippen molar-refractivity contribution in [2.75, 3.05) is 26.2 Å². The minimum atomic E-state index is 0. The summed E-state index contributed by atoms with van der Waals surface area (Å²) in [6.45, 7) is 8.31. The molecule has 1 aliphatic heterocycles. The second-order valence-electron chi connectivity index (χ2n) is 6.03. The number of carbonyl (C=O) groups is 1. The van der Waals surface area contributed by atoms with Crippen molar-refractivity contribution in [1.82, 2.24) is 10.2 Å². The van der Waals surface area contributed by atoms with Gasteiger partial charge < -0.3 is 10.2 Å². The Balaban J connectivity index is 0.00000144. The summed E-state index contributed by atoms with van der Waals surface area (Å²) in [4.78, 5) is 14.4. The SMILES string of the molecule is CC1(C)CCCC(C(=O)N2CCNCC2)C1.Cl. The van der Waals surface area contributed by atoms with E-state index in [0.717, 1.165) is 39.0 Å². The highest BCUT2D eigenvalue weighted by Gasteiger charge is 2.34. The molecule has 1 aliphatic carbocycles. The molecule has 100 valence electrons. The fourth-order valence-corrected chi connectivity index (χ4v) is 3.05. The first-order valence-corrected chi connectivity index (χ1v) is 6.58. The van der Waals surface area contributed by atoms with E-state index in [-0.39, 0.29) is 12.4 Å². The number of halogens is 1. The van der Waals surface area contributed by atoms with Gasteiger partial charge >= 0.3 is 0 Å². The van der Waals surface area contributed by atoms with Crippen LogP contribution in [0, 0.1) is 11.3 Å². The highest BCUT2D eigenvalue weighted by Crippen LogP contribution is 2.39. The molecule has 0 radical (unpaired) electrons. The van der Waals surface area contributed by atoms with E-state index in [2.05, 4.69) is 24.1 Å². The minimum Gasteiger partial charge on any atom is -0.340 e. The Kier molecular flexibility index (Phi) is 5.26. The van der Waals surface area contributed by atoms with E-state index in [1.54, 1.807) is 0 Å². The van der Waals surface area contributed by atoms with Crippen LogP contribution < -0.4 is 5.32 Å². The molecular formula is C13H25ClN2O. The summed E-state index contributed by atoms with van der Waals surface area (Å²) >= 11 is 0. The molecule has 1 N–H and O–H groups in total. The zero-order chi connectivity index (χ0) is 11.6. The van der Waals surface area contributed by atoms with Crippen LogP contribution in [0.5, 0.6) is 0 Å². The number of amides is 1. The van der Waals surface area contributed by atoms with Gasteiger partial charge in [0.25, 0.3) is 0 Å². The molecule has 0 spiro atoms. The van der Waals surface area contributed by atoms with E-state index in [9.17, 15) is 4.79 Å². The van der Waals surface area contributed by atoms with Crippen LogP contribution in [0.25, 0.3) is 0 Å². The van der Waals surface area contributed by atoms with E-state index < -0.39 is 0 Å². The molecule has 2 fully saturated rings. The largest absolute Gasteiger partial charge is 0.340 e. The summed E-state index contributed by atoms with van der Waals surface area (Å²) < 4.78 is 0. The molecule has 2 rings (SSSR count). The lowest BCUT2D eigenvalue weighted by Gasteiger charge is -2.38. The Morgan fingerprint density at radius 3 is 2.53 bits per heavy atom. The van der Waals surface area contributed by atoms with Gasteiger partial charge in [-0.25, -0.2) is 0 Å². The second-order valence-corrected chi connectivity index (χ2v) is 6.03. The van der Waals surface area contributed by atoms with Crippen molar-refractivity contribution < 1.29 is 4.79 Å². The van der Waals surface area contributed by atoms with Gasteiger partial charge in [-0.1, -0.05) is 20.3 Å². The van der Waals surface area contributed by atoms with Gasteiger partial charge in [-0.15, -0.1) is 12.4 Å². The highest BCUT2D eigenvalue weighted by molar-refractivity contribution is 5.85. The molecule has 4 heteroatoms. The molecule has 1 atom stereocenters. The number of hydrogen-bond donors (Lipinski definition) is 1. The molecule has 0 bridgehead atoms. The molecule has 1 saturated carbocycles. The maximum atomic E-state index is 12.3. The Morgan fingerprint density at radius 2 is 1.94 bits per heavy atom. The fraction of sp³-hybridized carbons (Fsp3) is 0.923. The van der Waals surface area contributed by atoms with Gasteiger partial charge in [-0.05, 0) is 24.7 Å². The van der Waals surface area contributed by atoms with Gasteiger partial charge in [-0.3, -0.25) is 4.79 Å². The Morgan fingerprint density at radius 1 is 1.29 bits per heavy atom. The summed E-state index contributed by atoms with van der Waals surface area (Å²) in [5.41, 5.74) is 0.368. The molecule has 1 saturated heterocycles. The predicted molar refractivity (Wildman–Crippen MR) is 72.4 cm³/mol. The first-order valence-electron chi connectivity index (χ1n) is 6.58. The van der Waals surface area contributed by atoms with Crippen LogP contribution in [0.2, 0.25) is 0 Å². The summed E-state index contributed by atoms with van der Waals surface area (Å²) in [6.07, 6.45) is 4.68. The lowest BCUT2D eigenvalue weighted by molar-refractivity contribution is -0.138. The summed E-state index contributed by atoms with van der Waals surface area (Å²) in [5.74, 6) is 0.705. The van der Waals surface area contributed by atoms with Crippen LogP contribution in [-0.4, -0.2) is 37.0 Å². The number of nitrogens with one attached hydrogen (secondary N) is 1. The maximum absolute atomic E-state index is 12.3. The van der Waals surface area contributed by atoms with Crippen molar-refractivity contribution in [3.8, 4) is 0 Å². The first-order chi connectivity index (χ1) is 7.58.